The maximum atomic E-state index is 12.0. The van der Waals surface area contributed by atoms with Gasteiger partial charge in [0.25, 0.3) is 0 Å². The minimum Gasteiger partial charge on any atom is -0.356 e. The molecular weight excluding hydrogens is 236 g/mol. The maximum Gasteiger partial charge on any atom is 0.224 e. The third-order valence-corrected chi connectivity index (χ3v) is 3.95. The van der Waals surface area contributed by atoms with Crippen molar-refractivity contribution in [1.82, 2.24) is 10.6 Å². The first-order chi connectivity index (χ1) is 9.09. The smallest absolute Gasteiger partial charge is 0.224 e. The standard InChI is InChI=1S/C16H32N2O/c1-13(2)8-6-4-5-7-9-18-16(19)15-10-14(3)11-17-12-15/h13-15,17H,4-12H2,1-3H3,(H,18,19). The summed E-state index contributed by atoms with van der Waals surface area (Å²) in [4.78, 5) is 12.0. The second-order valence-corrected chi connectivity index (χ2v) is 6.58. The molecule has 1 fully saturated rings. The van der Waals surface area contributed by atoms with E-state index in [4.69, 9.17) is 0 Å². The zero-order valence-electron chi connectivity index (χ0n) is 13.0. The molecule has 2 unspecified atom stereocenters. The third-order valence-electron chi connectivity index (χ3n) is 3.95. The van der Waals surface area contributed by atoms with E-state index in [1.165, 1.54) is 25.7 Å². The van der Waals surface area contributed by atoms with Crippen molar-refractivity contribution in [3.8, 4) is 0 Å². The largest absolute Gasteiger partial charge is 0.356 e. The van der Waals surface area contributed by atoms with Gasteiger partial charge in [0.15, 0.2) is 0 Å². The minimum absolute atomic E-state index is 0.185. The molecule has 0 aliphatic carbocycles. The fourth-order valence-electron chi connectivity index (χ4n) is 2.74. The van der Waals surface area contributed by atoms with Crippen molar-refractivity contribution < 1.29 is 4.79 Å². The van der Waals surface area contributed by atoms with E-state index >= 15 is 0 Å². The fourth-order valence-corrected chi connectivity index (χ4v) is 2.74. The number of piperidine rings is 1. The van der Waals surface area contributed by atoms with E-state index in [0.29, 0.717) is 5.92 Å². The van der Waals surface area contributed by atoms with Gasteiger partial charge in [-0.25, -0.2) is 0 Å². The Balaban J connectivity index is 1.98. The summed E-state index contributed by atoms with van der Waals surface area (Å²) in [7, 11) is 0. The highest BCUT2D eigenvalue weighted by Crippen LogP contribution is 2.15. The molecule has 0 saturated carbocycles. The SMILES string of the molecule is CC(C)CCCCCCNC(=O)C1CNCC(C)C1. The molecule has 1 rings (SSSR count). The van der Waals surface area contributed by atoms with Crippen LogP contribution in [0, 0.1) is 17.8 Å². The summed E-state index contributed by atoms with van der Waals surface area (Å²) < 4.78 is 0. The number of carbonyl (C=O) groups excluding carboxylic acids is 1. The Hall–Kier alpha value is -0.570. The molecule has 1 saturated heterocycles. The van der Waals surface area contributed by atoms with E-state index in [9.17, 15) is 4.79 Å². The molecule has 0 aromatic rings. The molecule has 19 heavy (non-hydrogen) atoms. The Kier molecular flexibility index (Phi) is 8.11. The van der Waals surface area contributed by atoms with Crippen LogP contribution in [0.25, 0.3) is 0 Å². The van der Waals surface area contributed by atoms with E-state index in [2.05, 4.69) is 31.4 Å². The molecule has 1 heterocycles. The molecule has 0 radical (unpaired) electrons. The Morgan fingerprint density at radius 3 is 2.63 bits per heavy atom. The van der Waals surface area contributed by atoms with Crippen LogP contribution in [0.3, 0.4) is 0 Å². The lowest BCUT2D eigenvalue weighted by Crippen LogP contribution is -2.43. The van der Waals surface area contributed by atoms with Crippen molar-refractivity contribution in [3.05, 3.63) is 0 Å². The maximum absolute atomic E-state index is 12.0. The minimum atomic E-state index is 0.185. The second-order valence-electron chi connectivity index (χ2n) is 6.58. The zero-order chi connectivity index (χ0) is 14.1. The monoisotopic (exact) mass is 268 g/mol. The van der Waals surface area contributed by atoms with E-state index in [1.54, 1.807) is 0 Å². The lowest BCUT2D eigenvalue weighted by Gasteiger charge is -2.26. The molecule has 112 valence electrons. The number of carbonyl (C=O) groups is 1. The van der Waals surface area contributed by atoms with Gasteiger partial charge >= 0.3 is 0 Å². The van der Waals surface area contributed by atoms with E-state index in [-0.39, 0.29) is 11.8 Å². The first-order valence-corrected chi connectivity index (χ1v) is 8.08. The van der Waals surface area contributed by atoms with Gasteiger partial charge in [-0.15, -0.1) is 0 Å². The molecule has 0 aromatic carbocycles. The highest BCUT2D eigenvalue weighted by Gasteiger charge is 2.24. The van der Waals surface area contributed by atoms with Gasteiger partial charge in [-0.1, -0.05) is 46.5 Å². The number of amides is 1. The van der Waals surface area contributed by atoms with Gasteiger partial charge in [0, 0.05) is 13.1 Å². The van der Waals surface area contributed by atoms with Crippen molar-refractivity contribution >= 4 is 5.91 Å². The van der Waals surface area contributed by atoms with Gasteiger partial charge in [0.2, 0.25) is 5.91 Å². The van der Waals surface area contributed by atoms with E-state index < -0.39 is 0 Å². The third kappa shape index (κ3) is 7.56. The topological polar surface area (TPSA) is 41.1 Å². The predicted molar refractivity (Wildman–Crippen MR) is 81.1 cm³/mol. The molecule has 0 spiro atoms. The quantitative estimate of drug-likeness (QED) is 0.665. The van der Waals surface area contributed by atoms with Crippen LogP contribution in [0.2, 0.25) is 0 Å². The number of unbranched alkanes of at least 4 members (excludes halogenated alkanes) is 3. The fraction of sp³-hybridized carbons (Fsp3) is 0.938. The van der Waals surface area contributed by atoms with Gasteiger partial charge in [-0.2, -0.15) is 0 Å². The molecular formula is C16H32N2O. The second kappa shape index (κ2) is 9.35. The molecule has 3 nitrogen and oxygen atoms in total. The van der Waals surface area contributed by atoms with Crippen LogP contribution in [0.4, 0.5) is 0 Å². The highest BCUT2D eigenvalue weighted by atomic mass is 16.1. The van der Waals surface area contributed by atoms with Gasteiger partial charge in [0.05, 0.1) is 5.92 Å². The van der Waals surface area contributed by atoms with Crippen LogP contribution < -0.4 is 10.6 Å². The van der Waals surface area contributed by atoms with Crippen molar-refractivity contribution in [2.24, 2.45) is 17.8 Å². The number of nitrogens with one attached hydrogen (secondary N) is 2. The van der Waals surface area contributed by atoms with Gasteiger partial charge in [0.1, 0.15) is 0 Å². The Labute approximate surface area is 118 Å². The average molecular weight is 268 g/mol. The zero-order valence-corrected chi connectivity index (χ0v) is 13.0. The number of hydrogen-bond acceptors (Lipinski definition) is 2. The summed E-state index contributed by atoms with van der Waals surface area (Å²) >= 11 is 0. The molecule has 0 aromatic heterocycles. The van der Waals surface area contributed by atoms with Crippen molar-refractivity contribution in [2.75, 3.05) is 19.6 Å². The summed E-state index contributed by atoms with van der Waals surface area (Å²) in [5, 5.41) is 6.43. The van der Waals surface area contributed by atoms with Crippen molar-refractivity contribution in [1.29, 1.82) is 0 Å². The average Bonchev–Trinajstić information content (AvgIpc) is 2.37. The summed E-state index contributed by atoms with van der Waals surface area (Å²) in [6.45, 7) is 9.52. The van der Waals surface area contributed by atoms with Crippen LogP contribution in [0.1, 0.15) is 59.3 Å². The molecule has 0 bridgehead atoms. The lowest BCUT2D eigenvalue weighted by molar-refractivity contribution is -0.125. The number of hydrogen-bond donors (Lipinski definition) is 2. The van der Waals surface area contributed by atoms with Crippen molar-refractivity contribution in [2.45, 2.75) is 59.3 Å². The molecule has 1 aliphatic rings. The Morgan fingerprint density at radius 2 is 1.95 bits per heavy atom. The predicted octanol–water partition coefficient (Wildman–Crippen LogP) is 2.95. The summed E-state index contributed by atoms with van der Waals surface area (Å²) in [5.74, 6) is 1.88. The van der Waals surface area contributed by atoms with Gasteiger partial charge in [-0.05, 0) is 31.2 Å². The highest BCUT2D eigenvalue weighted by molar-refractivity contribution is 5.78. The summed E-state index contributed by atoms with van der Waals surface area (Å²) in [6, 6.07) is 0. The van der Waals surface area contributed by atoms with Gasteiger partial charge in [-0.3, -0.25) is 4.79 Å². The van der Waals surface area contributed by atoms with Crippen LogP contribution in [0.5, 0.6) is 0 Å². The Bertz CT molecular complexity index is 253. The van der Waals surface area contributed by atoms with Gasteiger partial charge < -0.3 is 10.6 Å². The van der Waals surface area contributed by atoms with Crippen LogP contribution in [-0.2, 0) is 4.79 Å². The number of rotatable bonds is 8. The first kappa shape index (κ1) is 16.5. The first-order valence-electron chi connectivity index (χ1n) is 8.08. The molecule has 2 atom stereocenters. The summed E-state index contributed by atoms with van der Waals surface area (Å²) in [5.41, 5.74) is 0. The lowest BCUT2D eigenvalue weighted by atomic mass is 9.91. The molecule has 1 aliphatic heterocycles. The molecule has 2 N–H and O–H groups in total. The van der Waals surface area contributed by atoms with Crippen LogP contribution in [0.15, 0.2) is 0 Å². The van der Waals surface area contributed by atoms with Crippen LogP contribution in [-0.4, -0.2) is 25.5 Å². The normalized spacial score (nSPS) is 23.6. The Morgan fingerprint density at radius 1 is 1.21 bits per heavy atom. The molecule has 1 amide bonds. The summed E-state index contributed by atoms with van der Waals surface area (Å²) in [6.07, 6.45) is 7.36. The van der Waals surface area contributed by atoms with Crippen LogP contribution >= 0.6 is 0 Å². The van der Waals surface area contributed by atoms with E-state index in [1.807, 2.05) is 0 Å². The van der Waals surface area contributed by atoms with E-state index in [0.717, 1.165) is 38.4 Å². The molecule has 3 heteroatoms. The van der Waals surface area contributed by atoms with Crippen molar-refractivity contribution in [3.63, 3.8) is 0 Å².